The number of aliphatic imine (C=N–C) groups is 4. The number of urea groups is 3. The molecule has 24 heteroatoms. The van der Waals surface area contributed by atoms with Crippen LogP contribution in [0.15, 0.2) is 49.3 Å². The zero-order valence-electron chi connectivity index (χ0n) is 65.3. The van der Waals surface area contributed by atoms with E-state index in [4.69, 9.17) is 43.8 Å². The zero-order valence-corrected chi connectivity index (χ0v) is 65.3. The molecule has 3 N–H and O–H groups in total. The van der Waals surface area contributed by atoms with E-state index >= 15 is 0 Å². The van der Waals surface area contributed by atoms with Gasteiger partial charge in [0.15, 0.2) is 6.73 Å². The molecule has 0 radical (unpaired) electrons. The van der Waals surface area contributed by atoms with Crippen LogP contribution in [-0.2, 0) is 27.5 Å². The summed E-state index contributed by atoms with van der Waals surface area (Å²) in [5.74, 6) is -0.721. The molecule has 9 fully saturated rings. The molecule has 0 atom stereocenters. The minimum absolute atomic E-state index is 0.000886. The fourth-order valence-electron chi connectivity index (χ4n) is 17.5. The highest BCUT2D eigenvalue weighted by molar-refractivity contribution is 5.96. The first-order valence-corrected chi connectivity index (χ1v) is 43.6. The van der Waals surface area contributed by atoms with Gasteiger partial charge >= 0.3 is 47.3 Å². The van der Waals surface area contributed by atoms with Gasteiger partial charge in [0, 0.05) is 63.1 Å². The van der Waals surface area contributed by atoms with Crippen LogP contribution < -0.4 is 33.1 Å². The maximum Gasteiger partial charge on any atom is 0.425 e. The van der Waals surface area contributed by atoms with Gasteiger partial charge in [0.05, 0.1) is 29.5 Å². The Balaban J connectivity index is 0.746. The molecule has 24 nitrogen and oxygen atoms in total. The summed E-state index contributed by atoms with van der Waals surface area (Å²) in [5, 5.41) is 19.0. The molecule has 0 aliphatic heterocycles. The van der Waals surface area contributed by atoms with Gasteiger partial charge in [-0.05, 0) is 193 Å². The number of carbonyl (C=O) groups excluding carboxylic acids is 3. The van der Waals surface area contributed by atoms with Crippen molar-refractivity contribution in [2.24, 2.45) is 35.3 Å². The fraction of sp³-hybridized carbons (Fsp3) is 0.854. The van der Waals surface area contributed by atoms with Gasteiger partial charge in [-0.15, -0.1) is 0 Å². The molecule has 1 aromatic heterocycles. The molecule has 10 rings (SSSR count). The van der Waals surface area contributed by atoms with Gasteiger partial charge in [0.2, 0.25) is 0 Å². The smallest absolute Gasteiger partial charge is 0.425 e. The molecule has 1 heterocycles. The fourth-order valence-corrected chi connectivity index (χ4v) is 17.5. The number of nitrogens with one attached hydrogen (secondary N) is 3. The SMILES string of the molecule is O=C(NCCCCCCN=c1oc(=O)n(CCCCCCNC(=O)N(C(=NC2CCCCC2)ON=C2CCCCC2)C2CCCCC2)c(=O)n1CCCCCCNC(=O)N(C(=NC1CCCCC1)ON=C1CCCCC1)C1CCCCC1)N(C(=NC1CCCCC1)OCN=C1CCCCC1)C1CCCCC1. The van der Waals surface area contributed by atoms with Crippen LogP contribution in [0.5, 0.6) is 0 Å². The quantitative estimate of drug-likeness (QED) is 0.0276. The number of carbonyl (C=O) groups is 3. The van der Waals surface area contributed by atoms with Crippen LogP contribution in [0.4, 0.5) is 14.4 Å². The molecule has 9 aliphatic rings. The highest BCUT2D eigenvalue weighted by Crippen LogP contribution is 2.31. The first-order valence-electron chi connectivity index (χ1n) is 43.6. The number of amidine groups is 3. The van der Waals surface area contributed by atoms with Gasteiger partial charge in [-0.1, -0.05) is 184 Å². The summed E-state index contributed by atoms with van der Waals surface area (Å²) >= 11 is 0. The summed E-state index contributed by atoms with van der Waals surface area (Å²) in [6.45, 7) is 2.53. The molecule has 0 aromatic carbocycles. The lowest BCUT2D eigenvalue weighted by atomic mass is 9.94. The van der Waals surface area contributed by atoms with Gasteiger partial charge in [0.1, 0.15) is 0 Å². The molecule has 594 valence electrons. The third-order valence-corrected chi connectivity index (χ3v) is 23.9. The molecule has 9 aliphatic carbocycles. The van der Waals surface area contributed by atoms with Gasteiger partial charge in [0.25, 0.3) is 6.02 Å². The highest BCUT2D eigenvalue weighted by atomic mass is 16.7. The Labute approximate surface area is 633 Å². The second kappa shape index (κ2) is 47.5. The Hall–Kier alpha value is -6.36. The van der Waals surface area contributed by atoms with E-state index in [1.54, 1.807) is 9.80 Å². The molecular formula is C82H137N15O9. The monoisotopic (exact) mass is 1480 g/mol. The number of aromatic nitrogens is 2. The van der Waals surface area contributed by atoms with Crippen LogP contribution in [0.25, 0.3) is 0 Å². The number of hydrogen-bond acceptors (Lipinski definition) is 16. The first-order chi connectivity index (χ1) is 52.2. The second-order valence-electron chi connectivity index (χ2n) is 32.3. The maximum absolute atomic E-state index is 14.6. The summed E-state index contributed by atoms with van der Waals surface area (Å²) < 4.78 is 15.2. The lowest BCUT2D eigenvalue weighted by Crippen LogP contribution is -2.51. The molecular weight excluding hydrogens is 1340 g/mol. The lowest BCUT2D eigenvalue weighted by molar-refractivity contribution is 0.164. The Morgan fingerprint density at radius 2 is 0.698 bits per heavy atom. The number of hydrogen-bond donors (Lipinski definition) is 3. The van der Waals surface area contributed by atoms with Crippen LogP contribution >= 0.6 is 0 Å². The van der Waals surface area contributed by atoms with E-state index < -0.39 is 11.4 Å². The Bertz CT molecular complexity index is 3150. The van der Waals surface area contributed by atoms with Crippen molar-refractivity contribution in [1.29, 1.82) is 0 Å². The summed E-state index contributed by atoms with van der Waals surface area (Å²) in [7, 11) is 0. The average molecular weight is 1480 g/mol. The highest BCUT2D eigenvalue weighted by Gasteiger charge is 2.36. The van der Waals surface area contributed by atoms with Gasteiger partial charge in [-0.3, -0.25) is 4.99 Å². The largest absolute Gasteiger partial charge is 0.442 e. The minimum Gasteiger partial charge on any atom is -0.442 e. The predicted octanol–water partition coefficient (Wildman–Crippen LogP) is 17.3. The van der Waals surface area contributed by atoms with E-state index in [-0.39, 0.29) is 73.3 Å². The third-order valence-electron chi connectivity index (χ3n) is 23.9. The second-order valence-corrected chi connectivity index (χ2v) is 32.3. The first kappa shape index (κ1) is 82.1. The van der Waals surface area contributed by atoms with Crippen molar-refractivity contribution in [3.8, 4) is 0 Å². The van der Waals surface area contributed by atoms with Crippen molar-refractivity contribution in [3.63, 3.8) is 0 Å². The number of oxime groups is 2. The van der Waals surface area contributed by atoms with Crippen LogP contribution in [0.1, 0.15) is 366 Å². The van der Waals surface area contributed by atoms with Crippen LogP contribution in [0.2, 0.25) is 0 Å². The zero-order chi connectivity index (χ0) is 73.4. The topological polar surface area (TPSA) is 268 Å². The molecule has 6 amide bonds. The Kier molecular flexibility index (Phi) is 36.8. The van der Waals surface area contributed by atoms with Crippen LogP contribution in [-0.4, -0.2) is 146 Å². The van der Waals surface area contributed by atoms with Crippen molar-refractivity contribution in [2.75, 3.05) is 32.9 Å². The van der Waals surface area contributed by atoms with Crippen molar-refractivity contribution in [3.05, 3.63) is 26.7 Å². The average Bonchev–Trinajstić information content (AvgIpc) is 0.818. The molecule has 0 unspecified atom stereocenters. The number of ether oxygens (including phenoxy) is 1. The van der Waals surface area contributed by atoms with E-state index in [0.29, 0.717) is 70.1 Å². The number of amides is 6. The molecule has 9 saturated carbocycles. The summed E-state index contributed by atoms with van der Waals surface area (Å²) in [6.07, 6.45) is 56.8. The summed E-state index contributed by atoms with van der Waals surface area (Å²) in [4.78, 5) is 115. The standard InChI is InChI=1S/C82H137N15O9/c98-74(95(71-52-28-13-29-53-71)78(88-66-42-18-8-19-43-66)103-64-87-65-40-16-7-17-41-65)83-58-34-1-2-37-61-86-77-93(62-38-5-3-35-59-84-75(99)96(72-54-30-14-31-55-72)79(89-67-44-20-9-21-45-67)105-91-69-48-24-11-25-49-69)81(101)94(82(102)104-77)63-39-6-4-36-60-85-76(100)97(73-56-32-15-33-57-73)80(90-68-46-22-10-23-47-68)106-92-70-50-26-12-27-51-70/h66-68,71-73H,1-64H2,(H,83,98)(H,84,99)(H,85,100). The molecule has 1 aromatic rings. The predicted molar refractivity (Wildman–Crippen MR) is 422 cm³/mol. The minimum atomic E-state index is -0.721. The number of nitrogens with zero attached hydrogens (tertiary/aromatic N) is 12. The van der Waals surface area contributed by atoms with E-state index in [9.17, 15) is 24.0 Å². The van der Waals surface area contributed by atoms with E-state index in [0.717, 1.165) is 300 Å². The van der Waals surface area contributed by atoms with Crippen molar-refractivity contribution in [2.45, 2.75) is 415 Å². The maximum atomic E-state index is 14.6. The van der Waals surface area contributed by atoms with Gasteiger partial charge in [-0.25, -0.2) is 67.8 Å². The van der Waals surface area contributed by atoms with Crippen molar-refractivity contribution >= 4 is 53.3 Å². The normalized spacial score (nSPS) is 20.9. The molecule has 0 spiro atoms. The Morgan fingerprint density at radius 1 is 0.368 bits per heavy atom. The molecule has 0 saturated heterocycles. The van der Waals surface area contributed by atoms with Crippen molar-refractivity contribution in [1.82, 2.24) is 39.8 Å². The lowest BCUT2D eigenvalue weighted by Gasteiger charge is -2.34. The third kappa shape index (κ3) is 27.9. The van der Waals surface area contributed by atoms with Gasteiger partial charge in [-0.2, -0.15) is 0 Å². The summed E-state index contributed by atoms with van der Waals surface area (Å²) in [5.41, 5.74) is 2.91. The van der Waals surface area contributed by atoms with E-state index in [2.05, 4.69) is 26.3 Å². The van der Waals surface area contributed by atoms with Crippen molar-refractivity contribution < 1.29 is 33.2 Å². The Morgan fingerprint density at radius 3 is 1.10 bits per heavy atom. The van der Waals surface area contributed by atoms with E-state index in [1.807, 2.05) is 4.90 Å². The van der Waals surface area contributed by atoms with E-state index in [1.165, 1.54) is 72.6 Å². The molecule has 106 heavy (non-hydrogen) atoms. The van der Waals surface area contributed by atoms with Crippen LogP contribution in [0, 0.1) is 0 Å². The summed E-state index contributed by atoms with van der Waals surface area (Å²) in [6, 6.07) is 1.03. The van der Waals surface area contributed by atoms with Gasteiger partial charge < -0.3 is 34.8 Å². The number of rotatable bonds is 31. The molecule has 0 bridgehead atoms. The van der Waals surface area contributed by atoms with Crippen LogP contribution in [0.3, 0.4) is 0 Å². The number of unbranched alkanes of at least 4 members (excludes halogenated alkanes) is 9.